The van der Waals surface area contributed by atoms with Gasteiger partial charge in [0.1, 0.15) is 17.0 Å². The average molecular weight is 451 g/mol. The molecule has 3 aromatic rings. The van der Waals surface area contributed by atoms with E-state index in [1.807, 2.05) is 23.1 Å². The number of methoxy groups -OCH3 is 1. The number of ether oxygens (including phenoxy) is 1. The maximum atomic E-state index is 12.5. The molecule has 166 valence electrons. The molecule has 1 saturated heterocycles. The molecule has 0 aliphatic carbocycles. The minimum atomic E-state index is -0.375. The van der Waals surface area contributed by atoms with Gasteiger partial charge in [-0.3, -0.25) is 14.3 Å². The molecule has 0 N–H and O–H groups in total. The summed E-state index contributed by atoms with van der Waals surface area (Å²) >= 11 is 6.56. The second-order valence-electron chi connectivity index (χ2n) is 8.83. The number of likely N-dealkylation sites (N-methyl/N-ethyl adjacent to an activating group) is 1. The van der Waals surface area contributed by atoms with Gasteiger partial charge < -0.3 is 9.64 Å². The third-order valence-electron chi connectivity index (χ3n) is 7.12. The highest BCUT2D eigenvalue weighted by Crippen LogP contribution is 2.47. The van der Waals surface area contributed by atoms with Crippen LogP contribution in [-0.4, -0.2) is 50.1 Å². The molecule has 2 heterocycles. The van der Waals surface area contributed by atoms with E-state index in [-0.39, 0.29) is 11.4 Å². The van der Waals surface area contributed by atoms with Crippen molar-refractivity contribution in [3.8, 4) is 5.75 Å². The molecule has 0 bridgehead atoms. The lowest BCUT2D eigenvalue weighted by molar-refractivity contribution is -0.125. The molecule has 1 amide bonds. The van der Waals surface area contributed by atoms with Crippen LogP contribution in [0.5, 0.6) is 5.75 Å². The number of amides is 1. The first-order chi connectivity index (χ1) is 15.2. The normalized spacial score (nSPS) is 18.7. The fraction of sp³-hybridized carbons (Fsp3) is 0.308. The number of halogens is 1. The van der Waals surface area contributed by atoms with Gasteiger partial charge in [0.05, 0.1) is 33.3 Å². The summed E-state index contributed by atoms with van der Waals surface area (Å²) in [5, 5.41) is 1.71. The highest BCUT2D eigenvalue weighted by atomic mass is 35.5. The number of aromatic nitrogens is 1. The van der Waals surface area contributed by atoms with E-state index in [1.165, 1.54) is 6.08 Å². The summed E-state index contributed by atoms with van der Waals surface area (Å²) in [5.41, 5.74) is 3.82. The minimum Gasteiger partial charge on any atom is -0.496 e. The molecule has 0 unspecified atom stereocenters. The van der Waals surface area contributed by atoms with E-state index in [9.17, 15) is 4.79 Å². The van der Waals surface area contributed by atoms with E-state index < -0.39 is 0 Å². The van der Waals surface area contributed by atoms with Crippen molar-refractivity contribution in [1.29, 1.82) is 0 Å². The van der Waals surface area contributed by atoms with Gasteiger partial charge >= 0.3 is 0 Å². The van der Waals surface area contributed by atoms with E-state index >= 15 is 0 Å². The molecule has 1 aliphatic rings. The Morgan fingerprint density at radius 1 is 1.28 bits per heavy atom. The van der Waals surface area contributed by atoms with Crippen molar-refractivity contribution in [1.82, 2.24) is 14.4 Å². The van der Waals surface area contributed by atoms with Crippen LogP contribution in [0.4, 0.5) is 5.69 Å². The van der Waals surface area contributed by atoms with Crippen molar-refractivity contribution in [2.45, 2.75) is 18.9 Å². The Hall–Kier alpha value is -2.89. The van der Waals surface area contributed by atoms with Crippen molar-refractivity contribution in [3.05, 3.63) is 77.5 Å². The quantitative estimate of drug-likeness (QED) is 0.402. The predicted octanol–water partition coefficient (Wildman–Crippen LogP) is 5.09. The largest absolute Gasteiger partial charge is 0.496 e. The third-order valence-corrected chi connectivity index (χ3v) is 7.53. The van der Waals surface area contributed by atoms with Crippen molar-refractivity contribution in [3.63, 3.8) is 0 Å². The first kappa shape index (κ1) is 22.3. The topological polar surface area (TPSA) is 42.4 Å². The van der Waals surface area contributed by atoms with Crippen LogP contribution in [0.3, 0.4) is 0 Å². The molecule has 2 aromatic carbocycles. The second-order valence-corrected chi connectivity index (χ2v) is 9.23. The molecule has 1 atom stereocenters. The number of nitrogens with zero attached hydrogens (tertiary/aromatic N) is 3. The van der Waals surface area contributed by atoms with Crippen LogP contribution in [0.25, 0.3) is 10.9 Å². The predicted molar refractivity (Wildman–Crippen MR) is 131 cm³/mol. The van der Waals surface area contributed by atoms with Gasteiger partial charge in [-0.25, -0.2) is 0 Å². The maximum absolute atomic E-state index is 12.5. The summed E-state index contributed by atoms with van der Waals surface area (Å²) < 4.78 is 6.06. The van der Waals surface area contributed by atoms with Crippen molar-refractivity contribution >= 4 is 34.1 Å². The Morgan fingerprint density at radius 2 is 2.06 bits per heavy atom. The van der Waals surface area contributed by atoms with Crippen molar-refractivity contribution < 1.29 is 9.53 Å². The average Bonchev–Trinajstić information content (AvgIpc) is 3.26. The third kappa shape index (κ3) is 3.37. The number of carbonyl (C=O) groups excluding carboxylic acids is 1. The smallest absolute Gasteiger partial charge is 0.246 e. The molecule has 0 saturated carbocycles. The zero-order valence-electron chi connectivity index (χ0n) is 19.1. The number of likely N-dealkylation sites (tertiary alicyclic amines) is 1. The summed E-state index contributed by atoms with van der Waals surface area (Å²) in [5.74, 6) is 0.757. The SMILES string of the molecule is C=CC(=O)N1CC[C@](c2cccc(Cl)c2C)([N+](C)(C)c2ccc3c(OC)ccnc3c2)C1. The first-order valence-electron chi connectivity index (χ1n) is 10.7. The number of fused-ring (bicyclic) bond motifs is 1. The molecule has 0 radical (unpaired) electrons. The van der Waals surface area contributed by atoms with Crippen molar-refractivity contribution in [2.75, 3.05) is 34.3 Å². The Kier molecular flexibility index (Phi) is 5.74. The first-order valence-corrected chi connectivity index (χ1v) is 11.1. The van der Waals surface area contributed by atoms with Gasteiger partial charge in [0.25, 0.3) is 0 Å². The van der Waals surface area contributed by atoms with Crippen LogP contribution in [0.1, 0.15) is 17.5 Å². The summed E-state index contributed by atoms with van der Waals surface area (Å²) in [6, 6.07) is 14.2. The van der Waals surface area contributed by atoms with Gasteiger partial charge in [0, 0.05) is 47.3 Å². The number of carbonyl (C=O) groups is 1. The second kappa shape index (κ2) is 8.23. The number of hydrogen-bond donors (Lipinski definition) is 0. The Balaban J connectivity index is 1.91. The van der Waals surface area contributed by atoms with Crippen LogP contribution >= 0.6 is 11.6 Å². The fourth-order valence-electron chi connectivity index (χ4n) is 5.08. The molecule has 6 heteroatoms. The molecule has 1 aromatic heterocycles. The van der Waals surface area contributed by atoms with Crippen LogP contribution < -0.4 is 9.22 Å². The van der Waals surface area contributed by atoms with Gasteiger partial charge in [-0.1, -0.05) is 30.3 Å². The fourth-order valence-corrected chi connectivity index (χ4v) is 5.26. The number of pyridine rings is 1. The number of rotatable bonds is 5. The van der Waals surface area contributed by atoms with E-state index in [0.717, 1.165) is 44.9 Å². The highest BCUT2D eigenvalue weighted by molar-refractivity contribution is 6.31. The highest BCUT2D eigenvalue weighted by Gasteiger charge is 2.54. The summed E-state index contributed by atoms with van der Waals surface area (Å²) in [4.78, 5) is 19.0. The van der Waals surface area contributed by atoms with Gasteiger partial charge in [-0.15, -0.1) is 0 Å². The molecule has 4 rings (SSSR count). The lowest BCUT2D eigenvalue weighted by Crippen LogP contribution is -2.60. The Morgan fingerprint density at radius 3 is 2.78 bits per heavy atom. The van der Waals surface area contributed by atoms with E-state index in [4.69, 9.17) is 16.3 Å². The van der Waals surface area contributed by atoms with Gasteiger partial charge in [-0.05, 0) is 36.8 Å². The molecule has 1 fully saturated rings. The number of benzene rings is 2. The van der Waals surface area contributed by atoms with E-state index in [2.05, 4.69) is 56.8 Å². The van der Waals surface area contributed by atoms with E-state index in [0.29, 0.717) is 17.6 Å². The van der Waals surface area contributed by atoms with Crippen LogP contribution in [0.2, 0.25) is 5.02 Å². The summed E-state index contributed by atoms with van der Waals surface area (Å²) in [6.07, 6.45) is 3.97. The van der Waals surface area contributed by atoms with Gasteiger partial charge in [0.2, 0.25) is 5.91 Å². The lowest BCUT2D eigenvalue weighted by atomic mass is 9.82. The van der Waals surface area contributed by atoms with Gasteiger partial charge in [0.15, 0.2) is 0 Å². The van der Waals surface area contributed by atoms with Crippen LogP contribution in [0, 0.1) is 6.92 Å². The van der Waals surface area contributed by atoms with Crippen molar-refractivity contribution in [2.24, 2.45) is 0 Å². The van der Waals surface area contributed by atoms with Crippen LogP contribution in [-0.2, 0) is 10.3 Å². The molecule has 32 heavy (non-hydrogen) atoms. The monoisotopic (exact) mass is 450 g/mol. The summed E-state index contributed by atoms with van der Waals surface area (Å²) in [6.45, 7) is 6.99. The summed E-state index contributed by atoms with van der Waals surface area (Å²) in [7, 11) is 6.07. The molecular formula is C26H29ClN3O2+. The molecule has 5 nitrogen and oxygen atoms in total. The number of hydrogen-bond acceptors (Lipinski definition) is 3. The van der Waals surface area contributed by atoms with E-state index in [1.54, 1.807) is 13.3 Å². The zero-order chi connectivity index (χ0) is 23.1. The standard InChI is InChI=1S/C26H29ClN3O2/c1-6-25(31)29-15-13-26(17-29,21-8-7-9-22(27)18(21)2)30(3,4)19-10-11-20-23(16-19)28-14-12-24(20)32-5/h6-12,14,16H,1,13,15,17H2,2-5H3/q+1/t26-/m0/s1. The molecule has 1 aliphatic heterocycles. The minimum absolute atomic E-state index is 0.0449. The van der Waals surface area contributed by atoms with Crippen LogP contribution in [0.15, 0.2) is 61.3 Å². The molecular weight excluding hydrogens is 422 g/mol. The molecule has 0 spiro atoms. The van der Waals surface area contributed by atoms with Gasteiger partial charge in [-0.2, -0.15) is 0 Å². The Labute approximate surface area is 194 Å². The maximum Gasteiger partial charge on any atom is 0.246 e. The number of quaternary nitrogens is 1. The Bertz CT molecular complexity index is 1210. The lowest BCUT2D eigenvalue weighted by Gasteiger charge is -2.47. The zero-order valence-corrected chi connectivity index (χ0v) is 19.8.